The molecule has 8 heteroatoms. The highest BCUT2D eigenvalue weighted by Gasteiger charge is 2.81. The van der Waals surface area contributed by atoms with Gasteiger partial charge in [0.25, 0.3) is 0 Å². The van der Waals surface area contributed by atoms with Gasteiger partial charge in [-0.3, -0.25) is 19.2 Å². The third kappa shape index (κ3) is 2.31. The number of likely N-dealkylation sites (N-methyl/N-ethyl adjacent to an activating group) is 1. The van der Waals surface area contributed by atoms with E-state index in [2.05, 4.69) is 11.9 Å². The van der Waals surface area contributed by atoms with Crippen LogP contribution in [-0.2, 0) is 33.4 Å². The smallest absolute Gasteiger partial charge is 0.324 e. The van der Waals surface area contributed by atoms with Gasteiger partial charge in [-0.15, -0.1) is 0 Å². The fourth-order valence-electron chi connectivity index (χ4n) is 7.63. The molecule has 0 radical (unpaired) electrons. The molecule has 5 fully saturated rings. The van der Waals surface area contributed by atoms with Crippen LogP contribution in [0.5, 0.6) is 0 Å². The molecule has 8 atom stereocenters. The number of hydrogen-bond donors (Lipinski definition) is 1. The van der Waals surface area contributed by atoms with Crippen molar-refractivity contribution in [1.82, 2.24) is 5.32 Å². The molecule has 5 aliphatic rings. The Morgan fingerprint density at radius 2 is 1.94 bits per heavy atom. The summed E-state index contributed by atoms with van der Waals surface area (Å²) in [4.78, 5) is 53.2. The van der Waals surface area contributed by atoms with E-state index in [1.165, 1.54) is 0 Å². The second-order valence-corrected chi connectivity index (χ2v) is 10.9. The number of hydrogen-bond acceptors (Lipinski definition) is 8. The van der Waals surface area contributed by atoms with Gasteiger partial charge in [0, 0.05) is 5.92 Å². The van der Waals surface area contributed by atoms with Crippen LogP contribution in [0.1, 0.15) is 46.5 Å². The maximum atomic E-state index is 13.8. The summed E-state index contributed by atoms with van der Waals surface area (Å²) >= 11 is 0. The quantitative estimate of drug-likeness (QED) is 0.302. The van der Waals surface area contributed by atoms with E-state index in [0.29, 0.717) is 31.3 Å². The van der Waals surface area contributed by atoms with Gasteiger partial charge < -0.3 is 19.5 Å². The maximum Gasteiger partial charge on any atom is 0.324 e. The fraction of sp³-hybridized carbons (Fsp3) is 0.750. The molecule has 2 heterocycles. The number of nitrogens with one attached hydrogen (secondary N) is 1. The van der Waals surface area contributed by atoms with Gasteiger partial charge >= 0.3 is 17.9 Å². The average molecular weight is 446 g/mol. The first-order valence-electron chi connectivity index (χ1n) is 11.5. The average Bonchev–Trinajstić information content (AvgIpc) is 3.16. The van der Waals surface area contributed by atoms with Gasteiger partial charge in [0.1, 0.15) is 24.9 Å². The van der Waals surface area contributed by atoms with Crippen molar-refractivity contribution < 1.29 is 33.4 Å². The lowest BCUT2D eigenvalue weighted by Gasteiger charge is -2.61. The van der Waals surface area contributed by atoms with Crippen molar-refractivity contribution >= 4 is 23.7 Å². The molecule has 1 N–H and O–H groups in total. The van der Waals surface area contributed by atoms with Crippen LogP contribution in [0.15, 0.2) is 12.2 Å². The lowest BCUT2D eigenvalue weighted by atomic mass is 9.43. The number of cyclic esters (lactones) is 1. The second-order valence-electron chi connectivity index (χ2n) is 10.9. The largest absolute Gasteiger partial charge is 0.465 e. The minimum Gasteiger partial charge on any atom is -0.465 e. The van der Waals surface area contributed by atoms with E-state index in [-0.39, 0.29) is 18.0 Å². The standard InChI is InChI=1S/C24H31NO7/c1-11-13-6-7-14-23-10-30-20(28)16(23)22(3,4)9-8-15(23)31-21(29)24(14,17(11)26)18(13)32-19(27)12(2)25-5/h12-16,18,25H,1,6-10H2,2-5H3/t12-,13-,14-,15-,16+,18+,23+,24-/m0/s1. The van der Waals surface area contributed by atoms with Crippen LogP contribution in [0.4, 0.5) is 0 Å². The molecule has 2 spiro atoms. The molecule has 2 bridgehead atoms. The van der Waals surface area contributed by atoms with Gasteiger partial charge in [-0.1, -0.05) is 20.4 Å². The van der Waals surface area contributed by atoms with Crippen LogP contribution < -0.4 is 5.32 Å². The van der Waals surface area contributed by atoms with Crippen molar-refractivity contribution in [2.45, 2.75) is 64.7 Å². The van der Waals surface area contributed by atoms with Crippen LogP contribution in [-0.4, -0.2) is 55.6 Å². The minimum atomic E-state index is -1.67. The van der Waals surface area contributed by atoms with Crippen LogP contribution in [0, 0.1) is 34.0 Å². The second kappa shape index (κ2) is 6.65. The molecular formula is C24H31NO7. The van der Waals surface area contributed by atoms with E-state index >= 15 is 0 Å². The van der Waals surface area contributed by atoms with Gasteiger partial charge in [-0.2, -0.15) is 0 Å². The Balaban J connectivity index is 1.68. The number of rotatable bonds is 3. The molecular weight excluding hydrogens is 414 g/mol. The molecule has 8 nitrogen and oxygen atoms in total. The van der Waals surface area contributed by atoms with Crippen molar-refractivity contribution in [1.29, 1.82) is 0 Å². The molecule has 0 unspecified atom stereocenters. The number of Topliss-reactive ketones (excluding diaryl/α,β-unsaturated/α-hetero) is 1. The Hall–Kier alpha value is -2.22. The number of fused-ring (bicyclic) bond motifs is 1. The first-order chi connectivity index (χ1) is 15.0. The Labute approximate surface area is 187 Å². The van der Waals surface area contributed by atoms with Gasteiger partial charge in [0.2, 0.25) is 0 Å². The Kier molecular flexibility index (Phi) is 4.49. The highest BCUT2D eigenvalue weighted by molar-refractivity contribution is 6.16. The highest BCUT2D eigenvalue weighted by Crippen LogP contribution is 2.71. The highest BCUT2D eigenvalue weighted by atomic mass is 16.6. The predicted molar refractivity (Wildman–Crippen MR) is 111 cm³/mol. The molecule has 3 saturated carbocycles. The SMILES string of the molecule is C=C1C(=O)[C@@]23C(=O)O[C@H]4CCC(C)(C)[C@H]5C(=O)OC[C@@]45[C@@H]2CC[C@@H]1[C@H]3OC(=O)[C@H](C)NC. The van der Waals surface area contributed by atoms with Gasteiger partial charge in [-0.05, 0) is 56.6 Å². The molecule has 0 aromatic carbocycles. The van der Waals surface area contributed by atoms with Gasteiger partial charge in [0.05, 0.1) is 11.3 Å². The summed E-state index contributed by atoms with van der Waals surface area (Å²) in [7, 11) is 1.64. The number of carbonyl (C=O) groups is 4. The molecule has 5 rings (SSSR count). The molecule has 32 heavy (non-hydrogen) atoms. The summed E-state index contributed by atoms with van der Waals surface area (Å²) in [5.74, 6) is -3.30. The first kappa shape index (κ1) is 21.6. The Bertz CT molecular complexity index is 941. The van der Waals surface area contributed by atoms with Crippen molar-refractivity contribution in [2.75, 3.05) is 13.7 Å². The molecule has 2 saturated heterocycles. The third-order valence-corrected chi connectivity index (χ3v) is 9.18. The summed E-state index contributed by atoms with van der Waals surface area (Å²) in [6.45, 7) is 9.85. The molecule has 0 aromatic heterocycles. The molecule has 2 aliphatic heterocycles. The predicted octanol–water partition coefficient (Wildman–Crippen LogP) is 1.56. The van der Waals surface area contributed by atoms with Crippen LogP contribution in [0.25, 0.3) is 0 Å². The lowest BCUT2D eigenvalue weighted by molar-refractivity contribution is -0.247. The fourth-order valence-corrected chi connectivity index (χ4v) is 7.63. The summed E-state index contributed by atoms with van der Waals surface area (Å²) in [6, 6.07) is -0.599. The molecule has 0 amide bonds. The number of ether oxygens (including phenoxy) is 3. The Morgan fingerprint density at radius 3 is 2.62 bits per heavy atom. The first-order valence-corrected chi connectivity index (χ1v) is 11.5. The summed E-state index contributed by atoms with van der Waals surface area (Å²) in [5, 5.41) is 2.84. The summed E-state index contributed by atoms with van der Waals surface area (Å²) in [6.07, 6.45) is 0.965. The van der Waals surface area contributed by atoms with Crippen molar-refractivity contribution in [2.24, 2.45) is 34.0 Å². The Morgan fingerprint density at radius 1 is 1.22 bits per heavy atom. The number of carbonyl (C=O) groups excluding carboxylic acids is 4. The molecule has 0 aromatic rings. The van der Waals surface area contributed by atoms with Crippen molar-refractivity contribution in [3.8, 4) is 0 Å². The number of ketones is 1. The third-order valence-electron chi connectivity index (χ3n) is 9.18. The zero-order valence-electron chi connectivity index (χ0n) is 19.1. The van der Waals surface area contributed by atoms with Gasteiger partial charge in [0.15, 0.2) is 11.2 Å². The van der Waals surface area contributed by atoms with E-state index in [0.717, 1.165) is 0 Å². The van der Waals surface area contributed by atoms with Gasteiger partial charge in [-0.25, -0.2) is 0 Å². The van der Waals surface area contributed by atoms with E-state index in [4.69, 9.17) is 14.2 Å². The maximum absolute atomic E-state index is 13.8. The monoisotopic (exact) mass is 445 g/mol. The zero-order valence-corrected chi connectivity index (χ0v) is 19.1. The topological polar surface area (TPSA) is 108 Å². The zero-order chi connectivity index (χ0) is 23.2. The van der Waals surface area contributed by atoms with Crippen molar-refractivity contribution in [3.05, 3.63) is 12.2 Å². The van der Waals surface area contributed by atoms with E-state index < -0.39 is 64.6 Å². The molecule has 174 valence electrons. The van der Waals surface area contributed by atoms with E-state index in [9.17, 15) is 19.2 Å². The van der Waals surface area contributed by atoms with E-state index in [1.807, 2.05) is 13.8 Å². The summed E-state index contributed by atoms with van der Waals surface area (Å²) in [5.41, 5.74) is -2.53. The van der Waals surface area contributed by atoms with E-state index in [1.54, 1.807) is 14.0 Å². The molecule has 3 aliphatic carbocycles. The van der Waals surface area contributed by atoms with Crippen LogP contribution in [0.2, 0.25) is 0 Å². The van der Waals surface area contributed by atoms with Crippen molar-refractivity contribution in [3.63, 3.8) is 0 Å². The normalized spacial score (nSPS) is 44.7. The number of esters is 3. The minimum absolute atomic E-state index is 0.113. The lowest BCUT2D eigenvalue weighted by Crippen LogP contribution is -2.71. The van der Waals surface area contributed by atoms with Crippen LogP contribution in [0.3, 0.4) is 0 Å². The summed E-state index contributed by atoms with van der Waals surface area (Å²) < 4.78 is 17.5. The van der Waals surface area contributed by atoms with Crippen LogP contribution >= 0.6 is 0 Å².